The summed E-state index contributed by atoms with van der Waals surface area (Å²) in [6, 6.07) is -2.02. The van der Waals surface area contributed by atoms with Crippen molar-refractivity contribution >= 4 is 35.5 Å². The quantitative estimate of drug-likeness (QED) is 0.309. The van der Waals surface area contributed by atoms with E-state index < -0.39 is 42.4 Å². The topological polar surface area (TPSA) is 159 Å². The van der Waals surface area contributed by atoms with Gasteiger partial charge in [-0.05, 0) is 12.2 Å². The molecule has 9 nitrogen and oxygen atoms in total. The zero-order valence-electron chi connectivity index (χ0n) is 12.2. The second-order valence-corrected chi connectivity index (χ2v) is 5.69. The molecule has 0 bridgehead atoms. The Morgan fingerprint density at radius 2 is 1.86 bits per heavy atom. The van der Waals surface area contributed by atoms with E-state index in [0.29, 0.717) is 5.75 Å². The van der Waals surface area contributed by atoms with E-state index in [9.17, 15) is 19.2 Å². The predicted octanol–water partition coefficient (Wildman–Crippen LogP) is -1.38. The van der Waals surface area contributed by atoms with Crippen LogP contribution in [0.2, 0.25) is 0 Å². The number of amides is 2. The normalized spacial score (nSPS) is 13.0. The highest BCUT2D eigenvalue weighted by Gasteiger charge is 2.22. The van der Waals surface area contributed by atoms with Crippen molar-refractivity contribution in [3.05, 3.63) is 0 Å². The Morgan fingerprint density at radius 1 is 1.23 bits per heavy atom. The van der Waals surface area contributed by atoms with Crippen LogP contribution in [0.3, 0.4) is 0 Å². The minimum Gasteiger partial charge on any atom is -0.480 e. The van der Waals surface area contributed by atoms with E-state index in [0.717, 1.165) is 5.75 Å². The zero-order chi connectivity index (χ0) is 17.1. The van der Waals surface area contributed by atoms with Crippen LogP contribution < -0.4 is 16.4 Å². The first-order chi connectivity index (χ1) is 10.3. The molecule has 0 aliphatic heterocycles. The van der Waals surface area contributed by atoms with Crippen molar-refractivity contribution in [2.24, 2.45) is 5.73 Å². The average molecular weight is 335 g/mol. The van der Waals surface area contributed by atoms with Gasteiger partial charge in [0, 0.05) is 12.2 Å². The van der Waals surface area contributed by atoms with E-state index in [1.165, 1.54) is 11.8 Å². The van der Waals surface area contributed by atoms with Gasteiger partial charge < -0.3 is 26.6 Å². The minimum atomic E-state index is -1.20. The molecule has 0 aromatic carbocycles. The van der Waals surface area contributed by atoms with Crippen LogP contribution in [0.5, 0.6) is 0 Å². The molecule has 2 amide bonds. The van der Waals surface area contributed by atoms with Gasteiger partial charge in [0.05, 0.1) is 0 Å². The molecule has 0 aliphatic rings. The predicted molar refractivity (Wildman–Crippen MR) is 80.4 cm³/mol. The Bertz CT molecular complexity index is 418. The van der Waals surface area contributed by atoms with Crippen molar-refractivity contribution < 1.29 is 29.4 Å². The van der Waals surface area contributed by atoms with Crippen LogP contribution in [0, 0.1) is 0 Å². The summed E-state index contributed by atoms with van der Waals surface area (Å²) >= 11 is 1.41. The largest absolute Gasteiger partial charge is 0.480 e. The van der Waals surface area contributed by atoms with Crippen molar-refractivity contribution in [2.75, 3.05) is 18.1 Å². The average Bonchev–Trinajstić information content (AvgIpc) is 2.46. The molecule has 126 valence electrons. The molecule has 0 aromatic heterocycles. The second-order valence-electron chi connectivity index (χ2n) is 4.37. The molecule has 0 spiro atoms. The lowest BCUT2D eigenvalue weighted by Crippen LogP contribution is -2.49. The third kappa shape index (κ3) is 9.19. The molecule has 0 heterocycles. The van der Waals surface area contributed by atoms with Crippen molar-refractivity contribution in [1.82, 2.24) is 10.6 Å². The lowest BCUT2D eigenvalue weighted by atomic mass is 10.1. The highest BCUT2D eigenvalue weighted by Crippen LogP contribution is 2.04. The number of aliphatic carboxylic acids is 2. The summed E-state index contributed by atoms with van der Waals surface area (Å²) in [7, 11) is 0. The van der Waals surface area contributed by atoms with Gasteiger partial charge in [0.1, 0.15) is 18.6 Å². The molecule has 0 aliphatic carbocycles. The molecule has 10 heteroatoms. The number of carboxylic acids is 2. The van der Waals surface area contributed by atoms with Crippen molar-refractivity contribution in [1.29, 1.82) is 0 Å². The van der Waals surface area contributed by atoms with Gasteiger partial charge in [0.25, 0.3) is 0 Å². The summed E-state index contributed by atoms with van der Waals surface area (Å²) in [5.41, 5.74) is 5.29. The van der Waals surface area contributed by atoms with Crippen LogP contribution in [0.15, 0.2) is 0 Å². The SMILES string of the molecule is CCSC[C@H](NC(=O)CC[C@H](N)C(=O)O)C(=O)NCC(=O)O. The molecular weight excluding hydrogens is 314 g/mol. The molecule has 2 atom stereocenters. The molecule has 0 saturated heterocycles. The Labute approximate surface area is 132 Å². The van der Waals surface area contributed by atoms with E-state index in [1.54, 1.807) is 0 Å². The number of nitrogens with one attached hydrogen (secondary N) is 2. The van der Waals surface area contributed by atoms with Gasteiger partial charge in [-0.3, -0.25) is 19.2 Å². The Kier molecular flexibility index (Phi) is 9.96. The summed E-state index contributed by atoms with van der Waals surface area (Å²) in [6.45, 7) is 1.34. The van der Waals surface area contributed by atoms with Crippen LogP contribution in [-0.4, -0.2) is 64.1 Å². The Balaban J connectivity index is 4.43. The number of rotatable bonds is 11. The molecule has 22 heavy (non-hydrogen) atoms. The van der Waals surface area contributed by atoms with Crippen LogP contribution in [0.1, 0.15) is 19.8 Å². The fourth-order valence-electron chi connectivity index (χ4n) is 1.38. The Hall–Kier alpha value is -1.81. The van der Waals surface area contributed by atoms with Gasteiger partial charge >= 0.3 is 11.9 Å². The van der Waals surface area contributed by atoms with Gasteiger partial charge in [-0.2, -0.15) is 11.8 Å². The van der Waals surface area contributed by atoms with E-state index in [4.69, 9.17) is 15.9 Å². The molecule has 0 radical (unpaired) electrons. The van der Waals surface area contributed by atoms with Crippen LogP contribution >= 0.6 is 11.8 Å². The summed E-state index contributed by atoms with van der Waals surface area (Å²) in [4.78, 5) is 44.5. The number of carbonyl (C=O) groups excluding carboxylic acids is 2. The summed E-state index contributed by atoms with van der Waals surface area (Å²) in [5, 5.41) is 21.8. The highest BCUT2D eigenvalue weighted by atomic mass is 32.2. The lowest BCUT2D eigenvalue weighted by Gasteiger charge is -2.17. The molecular formula is C12H21N3O6S. The van der Waals surface area contributed by atoms with Gasteiger partial charge in [-0.1, -0.05) is 6.92 Å². The summed E-state index contributed by atoms with van der Waals surface area (Å²) in [6.07, 6.45) is -0.182. The van der Waals surface area contributed by atoms with E-state index in [2.05, 4.69) is 10.6 Å². The molecule has 6 N–H and O–H groups in total. The fourth-order valence-corrected chi connectivity index (χ4v) is 2.09. The third-order valence-corrected chi connectivity index (χ3v) is 3.53. The minimum absolute atomic E-state index is 0.0500. The van der Waals surface area contributed by atoms with Crippen molar-refractivity contribution in [2.45, 2.75) is 31.8 Å². The molecule has 0 aromatic rings. The summed E-state index contributed by atoms with van der Waals surface area (Å²) in [5.74, 6) is -2.48. The summed E-state index contributed by atoms with van der Waals surface area (Å²) < 4.78 is 0. The smallest absolute Gasteiger partial charge is 0.322 e. The first-order valence-electron chi connectivity index (χ1n) is 6.62. The van der Waals surface area contributed by atoms with Gasteiger partial charge in [0.2, 0.25) is 11.8 Å². The molecule has 0 fully saturated rings. The van der Waals surface area contributed by atoms with Gasteiger partial charge in [-0.25, -0.2) is 0 Å². The fraction of sp³-hybridized carbons (Fsp3) is 0.667. The monoisotopic (exact) mass is 335 g/mol. The number of hydrogen-bond acceptors (Lipinski definition) is 6. The highest BCUT2D eigenvalue weighted by molar-refractivity contribution is 7.99. The van der Waals surface area contributed by atoms with Gasteiger partial charge in [-0.15, -0.1) is 0 Å². The van der Waals surface area contributed by atoms with Crippen molar-refractivity contribution in [3.63, 3.8) is 0 Å². The maximum Gasteiger partial charge on any atom is 0.322 e. The Morgan fingerprint density at radius 3 is 2.36 bits per heavy atom. The number of nitrogens with two attached hydrogens (primary N) is 1. The zero-order valence-corrected chi connectivity index (χ0v) is 13.0. The van der Waals surface area contributed by atoms with E-state index >= 15 is 0 Å². The lowest BCUT2D eigenvalue weighted by molar-refractivity contribution is -0.139. The number of carbonyl (C=O) groups is 4. The second kappa shape index (κ2) is 10.9. The van der Waals surface area contributed by atoms with Gasteiger partial charge in [0.15, 0.2) is 0 Å². The van der Waals surface area contributed by atoms with E-state index in [1.807, 2.05) is 6.92 Å². The molecule has 0 unspecified atom stereocenters. The van der Waals surface area contributed by atoms with Crippen LogP contribution in [-0.2, 0) is 19.2 Å². The van der Waals surface area contributed by atoms with Crippen LogP contribution in [0.25, 0.3) is 0 Å². The third-order valence-electron chi connectivity index (χ3n) is 2.55. The number of hydrogen-bond donors (Lipinski definition) is 5. The number of carboxylic acid groups (broad SMARTS) is 2. The van der Waals surface area contributed by atoms with E-state index in [-0.39, 0.29) is 12.8 Å². The number of thioether (sulfide) groups is 1. The molecule has 0 rings (SSSR count). The first-order valence-corrected chi connectivity index (χ1v) is 7.78. The maximum absolute atomic E-state index is 11.8. The van der Waals surface area contributed by atoms with Crippen LogP contribution in [0.4, 0.5) is 0 Å². The first kappa shape index (κ1) is 20.2. The molecule has 0 saturated carbocycles. The standard InChI is InChI=1S/C12H21N3O6S/c1-2-22-6-8(11(19)14-5-10(17)18)15-9(16)4-3-7(13)12(20)21/h7-8H,2-6,13H2,1H3,(H,14,19)(H,15,16)(H,17,18)(H,20,21)/t7-,8-/m0/s1. The van der Waals surface area contributed by atoms with Crippen molar-refractivity contribution in [3.8, 4) is 0 Å². The maximum atomic E-state index is 11.8.